The van der Waals surface area contributed by atoms with E-state index in [9.17, 15) is 4.79 Å². The third-order valence-electron chi connectivity index (χ3n) is 7.47. The lowest BCUT2D eigenvalue weighted by Gasteiger charge is -2.50. The Hall–Kier alpha value is -0.545. The molecule has 1 saturated carbocycles. The van der Waals surface area contributed by atoms with Gasteiger partial charge in [-0.2, -0.15) is 0 Å². The molecule has 1 amide bonds. The molecule has 4 nitrogen and oxygen atoms in total. The van der Waals surface area contributed by atoms with Crippen molar-refractivity contribution < 1.29 is 14.1 Å². The fourth-order valence-electron chi connectivity index (χ4n) is 4.38. The summed E-state index contributed by atoms with van der Waals surface area (Å²) < 4.78 is 12.3. The third-order valence-corrected chi connectivity index (χ3v) is 7.47. The van der Waals surface area contributed by atoms with Gasteiger partial charge in [0.25, 0.3) is 0 Å². The van der Waals surface area contributed by atoms with Crippen molar-refractivity contribution in [2.24, 2.45) is 16.7 Å². The molecular formula is C22H42BNO3. The summed E-state index contributed by atoms with van der Waals surface area (Å²) >= 11 is 0. The van der Waals surface area contributed by atoms with Gasteiger partial charge in [0.2, 0.25) is 5.91 Å². The van der Waals surface area contributed by atoms with Crippen molar-refractivity contribution in [1.29, 1.82) is 0 Å². The molecule has 1 aliphatic heterocycles. The topological polar surface area (TPSA) is 47.6 Å². The van der Waals surface area contributed by atoms with Gasteiger partial charge in [-0.25, -0.2) is 0 Å². The van der Waals surface area contributed by atoms with Gasteiger partial charge in [0.05, 0.1) is 16.6 Å². The van der Waals surface area contributed by atoms with Crippen LogP contribution in [0.3, 0.4) is 0 Å². The minimum atomic E-state index is -0.348. The largest absolute Gasteiger partial charge is 0.457 e. The molecule has 2 aliphatic rings. The molecule has 0 aromatic rings. The van der Waals surface area contributed by atoms with Gasteiger partial charge in [-0.1, -0.05) is 27.2 Å². The predicted octanol–water partition coefficient (Wildman–Crippen LogP) is 5.22. The van der Waals surface area contributed by atoms with E-state index in [1.165, 1.54) is 6.42 Å². The molecule has 1 N–H and O–H groups in total. The Morgan fingerprint density at radius 2 is 1.56 bits per heavy atom. The van der Waals surface area contributed by atoms with Crippen LogP contribution in [-0.4, -0.2) is 29.8 Å². The molecular weight excluding hydrogens is 337 g/mol. The molecule has 0 aromatic carbocycles. The maximum Gasteiger partial charge on any atom is 0.457 e. The van der Waals surface area contributed by atoms with Gasteiger partial charge in [0.15, 0.2) is 0 Å². The molecule has 0 aromatic heterocycles. The Labute approximate surface area is 167 Å². The van der Waals surface area contributed by atoms with Crippen LogP contribution in [0.1, 0.15) is 94.9 Å². The van der Waals surface area contributed by atoms with Gasteiger partial charge in [0, 0.05) is 5.54 Å². The highest BCUT2D eigenvalue weighted by molar-refractivity contribution is 6.45. The smallest absolute Gasteiger partial charge is 0.403 e. The molecule has 0 bridgehead atoms. The summed E-state index contributed by atoms with van der Waals surface area (Å²) in [6, 6.07) is 0. The van der Waals surface area contributed by atoms with Crippen molar-refractivity contribution in [2.45, 2.75) is 118 Å². The summed E-state index contributed by atoms with van der Waals surface area (Å²) in [4.78, 5) is 13.2. The second-order valence-corrected chi connectivity index (χ2v) is 11.8. The molecule has 1 heterocycles. The van der Waals surface area contributed by atoms with Crippen LogP contribution in [0, 0.1) is 16.7 Å². The van der Waals surface area contributed by atoms with Gasteiger partial charge in [-0.05, 0) is 85.4 Å². The quantitative estimate of drug-likeness (QED) is 0.682. The average molecular weight is 379 g/mol. The Kier molecular flexibility index (Phi) is 5.94. The highest BCUT2D eigenvalue weighted by atomic mass is 16.7. The number of carbonyl (C=O) groups is 1. The van der Waals surface area contributed by atoms with Crippen LogP contribution in [-0.2, 0) is 14.1 Å². The zero-order valence-electron chi connectivity index (χ0n) is 19.4. The number of carbonyl (C=O) groups excluding carboxylic acids is 1. The van der Waals surface area contributed by atoms with Crippen molar-refractivity contribution in [3.63, 3.8) is 0 Å². The number of hydrogen-bond acceptors (Lipinski definition) is 3. The van der Waals surface area contributed by atoms with Crippen LogP contribution in [0.25, 0.3) is 0 Å². The standard InChI is InChI=1S/C22H42BNO3/c1-18(2,3)24-17(25)22(10)15-16(11-13-19(22,4)5)12-14-23-26-20(6,7)21(8,9)27-23/h16H,11-15H2,1-10H3,(H,24,25). The van der Waals surface area contributed by atoms with Crippen LogP contribution in [0.5, 0.6) is 0 Å². The van der Waals surface area contributed by atoms with Crippen molar-refractivity contribution in [3.05, 3.63) is 0 Å². The number of nitrogens with one attached hydrogen (secondary N) is 1. The Bertz CT molecular complexity index is 548. The van der Waals surface area contributed by atoms with Gasteiger partial charge in [0.1, 0.15) is 0 Å². The first kappa shape index (κ1) is 22.7. The first-order chi connectivity index (χ1) is 12.0. The molecule has 0 radical (unpaired) electrons. The van der Waals surface area contributed by atoms with E-state index in [0.29, 0.717) is 5.92 Å². The van der Waals surface area contributed by atoms with Crippen molar-refractivity contribution in [2.75, 3.05) is 0 Å². The molecule has 5 heteroatoms. The summed E-state index contributed by atoms with van der Waals surface area (Å²) in [6.07, 6.45) is 5.13. The lowest BCUT2D eigenvalue weighted by Crippen LogP contribution is -2.55. The zero-order valence-corrected chi connectivity index (χ0v) is 19.4. The van der Waals surface area contributed by atoms with Crippen LogP contribution in [0.4, 0.5) is 0 Å². The van der Waals surface area contributed by atoms with Gasteiger partial charge in [-0.15, -0.1) is 0 Å². The maximum absolute atomic E-state index is 13.2. The molecule has 1 aliphatic carbocycles. The second-order valence-electron chi connectivity index (χ2n) is 11.8. The summed E-state index contributed by atoms with van der Waals surface area (Å²) in [5, 5.41) is 3.24. The molecule has 2 unspecified atom stereocenters. The highest BCUT2D eigenvalue weighted by Gasteiger charge is 2.53. The van der Waals surface area contributed by atoms with E-state index < -0.39 is 0 Å². The van der Waals surface area contributed by atoms with Crippen molar-refractivity contribution >= 4 is 13.0 Å². The molecule has 27 heavy (non-hydrogen) atoms. The maximum atomic E-state index is 13.2. The van der Waals surface area contributed by atoms with Crippen LogP contribution >= 0.6 is 0 Å². The van der Waals surface area contributed by atoms with Gasteiger partial charge in [-0.3, -0.25) is 4.79 Å². The highest BCUT2D eigenvalue weighted by Crippen LogP contribution is 2.53. The van der Waals surface area contributed by atoms with E-state index in [4.69, 9.17) is 9.31 Å². The molecule has 2 rings (SSSR count). The first-order valence-corrected chi connectivity index (χ1v) is 10.7. The summed E-state index contributed by atoms with van der Waals surface area (Å²) in [5.41, 5.74) is -1.09. The van der Waals surface area contributed by atoms with E-state index >= 15 is 0 Å². The number of rotatable bonds is 4. The van der Waals surface area contributed by atoms with Gasteiger partial charge < -0.3 is 14.6 Å². The zero-order chi connectivity index (χ0) is 20.9. The van der Waals surface area contributed by atoms with Gasteiger partial charge >= 0.3 is 7.12 Å². The van der Waals surface area contributed by atoms with E-state index in [1.54, 1.807) is 0 Å². The number of hydrogen-bond donors (Lipinski definition) is 1. The lowest BCUT2D eigenvalue weighted by molar-refractivity contribution is -0.143. The van der Waals surface area contributed by atoms with E-state index in [-0.39, 0.29) is 40.6 Å². The minimum Gasteiger partial charge on any atom is -0.403 e. The fourth-order valence-corrected chi connectivity index (χ4v) is 4.38. The van der Waals surface area contributed by atoms with E-state index in [2.05, 4.69) is 74.6 Å². The van der Waals surface area contributed by atoms with E-state index in [1.807, 2.05) is 0 Å². The Balaban J connectivity index is 2.01. The monoisotopic (exact) mass is 379 g/mol. The Morgan fingerprint density at radius 3 is 2.04 bits per heavy atom. The van der Waals surface area contributed by atoms with Crippen LogP contribution in [0.15, 0.2) is 0 Å². The SMILES string of the molecule is CC(C)(C)NC(=O)C1(C)CC(CCB2OC(C)(C)C(C)(C)O2)CCC1(C)C. The molecule has 1 saturated heterocycles. The third kappa shape index (κ3) is 4.72. The summed E-state index contributed by atoms with van der Waals surface area (Å²) in [7, 11) is -0.139. The first-order valence-electron chi connectivity index (χ1n) is 10.7. The second kappa shape index (κ2) is 7.05. The number of amides is 1. The molecule has 2 atom stereocenters. The van der Waals surface area contributed by atoms with Crippen molar-refractivity contribution in [1.82, 2.24) is 5.32 Å². The normalized spacial score (nSPS) is 32.4. The van der Waals surface area contributed by atoms with Crippen LogP contribution in [0.2, 0.25) is 6.32 Å². The molecule has 2 fully saturated rings. The molecule has 0 spiro atoms. The van der Waals surface area contributed by atoms with Crippen molar-refractivity contribution in [3.8, 4) is 0 Å². The predicted molar refractivity (Wildman–Crippen MR) is 113 cm³/mol. The molecule has 156 valence electrons. The summed E-state index contributed by atoms with van der Waals surface area (Å²) in [6.45, 7) is 21.2. The van der Waals surface area contributed by atoms with Crippen LogP contribution < -0.4 is 5.32 Å². The Morgan fingerprint density at radius 1 is 1.04 bits per heavy atom. The minimum absolute atomic E-state index is 0.00315. The average Bonchev–Trinajstić information content (AvgIpc) is 2.66. The van der Waals surface area contributed by atoms with E-state index in [0.717, 1.165) is 25.6 Å². The fraction of sp³-hybridized carbons (Fsp3) is 0.955. The summed E-state index contributed by atoms with van der Waals surface area (Å²) in [5.74, 6) is 0.730. The lowest BCUT2D eigenvalue weighted by atomic mass is 9.54.